The molecule has 0 aliphatic rings. The van der Waals surface area contributed by atoms with Gasteiger partial charge in [-0.25, -0.2) is 0 Å². The van der Waals surface area contributed by atoms with Crippen molar-refractivity contribution in [1.82, 2.24) is 0 Å². The predicted molar refractivity (Wildman–Crippen MR) is 82.3 cm³/mol. The van der Waals surface area contributed by atoms with Crippen molar-refractivity contribution in [2.75, 3.05) is 6.26 Å². The van der Waals surface area contributed by atoms with Crippen molar-refractivity contribution in [1.29, 1.82) is 0 Å². The molecule has 24 heavy (non-hydrogen) atoms. The monoisotopic (exact) mass is 364 g/mol. The SMILES string of the molecule is CSc1ccc(C(c2ccc(C)cc2)(C(F)(F)F)C(F)(F)F)cc1. The maximum atomic E-state index is 13.8. The zero-order chi connectivity index (χ0) is 18.2. The Bertz CT molecular complexity index is 669. The first-order chi connectivity index (χ1) is 11.0. The zero-order valence-electron chi connectivity index (χ0n) is 12.8. The Balaban J connectivity index is 2.83. The Morgan fingerprint density at radius 3 is 1.38 bits per heavy atom. The summed E-state index contributed by atoms with van der Waals surface area (Å²) in [7, 11) is 0. The molecule has 0 amide bonds. The first-order valence-corrected chi connectivity index (χ1v) is 8.11. The highest BCUT2D eigenvalue weighted by Gasteiger charge is 2.72. The summed E-state index contributed by atoms with van der Waals surface area (Å²) in [6.45, 7) is 1.60. The second-order valence-corrected chi connectivity index (χ2v) is 6.22. The van der Waals surface area contributed by atoms with Crippen molar-refractivity contribution in [2.45, 2.75) is 29.6 Å². The van der Waals surface area contributed by atoms with Crippen molar-refractivity contribution in [3.63, 3.8) is 0 Å². The van der Waals surface area contributed by atoms with Crippen LogP contribution in [-0.4, -0.2) is 18.6 Å². The molecule has 0 N–H and O–H groups in total. The summed E-state index contributed by atoms with van der Waals surface area (Å²) in [6, 6.07) is 8.59. The lowest BCUT2D eigenvalue weighted by Gasteiger charge is -2.38. The summed E-state index contributed by atoms with van der Waals surface area (Å²) < 4.78 is 82.8. The van der Waals surface area contributed by atoms with Crippen LogP contribution in [0.3, 0.4) is 0 Å². The number of benzene rings is 2. The van der Waals surface area contributed by atoms with Crippen LogP contribution in [0, 0.1) is 6.92 Å². The highest BCUT2D eigenvalue weighted by atomic mass is 32.2. The third-order valence-corrected chi connectivity index (χ3v) is 4.60. The third kappa shape index (κ3) is 3.01. The standard InChI is InChI=1S/C17H14F6S/c1-11-3-5-12(6-4-11)15(16(18,19)20,17(21,22)23)13-7-9-14(24-2)10-8-13/h3-10H,1-2H3. The molecule has 130 valence electrons. The van der Waals surface area contributed by atoms with E-state index in [0.717, 1.165) is 24.3 Å². The molecule has 2 aromatic rings. The number of rotatable bonds is 3. The van der Waals surface area contributed by atoms with Gasteiger partial charge in [-0.15, -0.1) is 11.8 Å². The number of hydrogen-bond donors (Lipinski definition) is 0. The number of thioether (sulfide) groups is 1. The molecule has 2 rings (SSSR count). The van der Waals surface area contributed by atoms with Crippen LogP contribution in [-0.2, 0) is 5.41 Å². The number of aryl methyl sites for hydroxylation is 1. The van der Waals surface area contributed by atoms with E-state index >= 15 is 0 Å². The second-order valence-electron chi connectivity index (χ2n) is 5.34. The van der Waals surface area contributed by atoms with Gasteiger partial charge in [0, 0.05) is 4.90 Å². The number of hydrogen-bond acceptors (Lipinski definition) is 1. The van der Waals surface area contributed by atoms with E-state index in [4.69, 9.17) is 0 Å². The number of alkyl halides is 6. The van der Waals surface area contributed by atoms with Gasteiger partial charge in [0.1, 0.15) is 0 Å². The molecule has 0 radical (unpaired) electrons. The fourth-order valence-corrected chi connectivity index (χ4v) is 3.03. The lowest BCUT2D eigenvalue weighted by molar-refractivity contribution is -0.288. The lowest BCUT2D eigenvalue weighted by Crippen LogP contribution is -2.54. The van der Waals surface area contributed by atoms with Gasteiger partial charge < -0.3 is 0 Å². The Kier molecular flexibility index (Phi) is 4.95. The summed E-state index contributed by atoms with van der Waals surface area (Å²) >= 11 is 1.24. The minimum Gasteiger partial charge on any atom is -0.169 e. The normalized spacial score (nSPS) is 13.2. The smallest absolute Gasteiger partial charge is 0.169 e. The van der Waals surface area contributed by atoms with Gasteiger partial charge in [0.05, 0.1) is 0 Å². The van der Waals surface area contributed by atoms with E-state index in [2.05, 4.69) is 0 Å². The molecule has 0 bridgehead atoms. The van der Waals surface area contributed by atoms with E-state index in [1.54, 1.807) is 13.2 Å². The van der Waals surface area contributed by atoms with Crippen LogP contribution in [0.1, 0.15) is 16.7 Å². The Labute approximate surface area is 139 Å². The third-order valence-electron chi connectivity index (χ3n) is 3.86. The maximum Gasteiger partial charge on any atom is 0.411 e. The van der Waals surface area contributed by atoms with Crippen LogP contribution in [0.5, 0.6) is 0 Å². The van der Waals surface area contributed by atoms with Gasteiger partial charge >= 0.3 is 12.4 Å². The second kappa shape index (κ2) is 6.35. The average Bonchev–Trinajstić information content (AvgIpc) is 2.47. The molecule has 7 heteroatoms. The first-order valence-electron chi connectivity index (χ1n) is 6.89. The van der Waals surface area contributed by atoms with Crippen LogP contribution in [0.15, 0.2) is 53.4 Å². The van der Waals surface area contributed by atoms with E-state index in [0.29, 0.717) is 10.5 Å². The molecular formula is C17H14F6S. The van der Waals surface area contributed by atoms with Crippen LogP contribution < -0.4 is 0 Å². The molecule has 0 aromatic heterocycles. The minimum atomic E-state index is -5.54. The van der Waals surface area contributed by atoms with Gasteiger partial charge in [-0.2, -0.15) is 26.3 Å². The van der Waals surface area contributed by atoms with Gasteiger partial charge in [-0.1, -0.05) is 42.0 Å². The number of halogens is 6. The summed E-state index contributed by atoms with van der Waals surface area (Å²) in [4.78, 5) is 0.584. The quantitative estimate of drug-likeness (QED) is 0.466. The fraction of sp³-hybridized carbons (Fsp3) is 0.294. The van der Waals surface area contributed by atoms with Crippen molar-refractivity contribution in [3.8, 4) is 0 Å². The molecule has 0 saturated heterocycles. The van der Waals surface area contributed by atoms with Crippen molar-refractivity contribution in [2.24, 2.45) is 0 Å². The van der Waals surface area contributed by atoms with E-state index < -0.39 is 28.9 Å². The van der Waals surface area contributed by atoms with Crippen LogP contribution in [0.2, 0.25) is 0 Å². The van der Waals surface area contributed by atoms with E-state index in [9.17, 15) is 26.3 Å². The maximum absolute atomic E-state index is 13.8. The molecule has 0 aliphatic heterocycles. The van der Waals surface area contributed by atoms with Crippen molar-refractivity contribution < 1.29 is 26.3 Å². The largest absolute Gasteiger partial charge is 0.411 e. The molecular weight excluding hydrogens is 350 g/mol. The molecule has 0 nitrogen and oxygen atoms in total. The molecule has 0 unspecified atom stereocenters. The van der Waals surface area contributed by atoms with Gasteiger partial charge in [0.25, 0.3) is 0 Å². The molecule has 0 saturated carbocycles. The predicted octanol–water partition coefficient (Wildman–Crippen LogP) is 6.13. The zero-order valence-corrected chi connectivity index (χ0v) is 13.6. The van der Waals surface area contributed by atoms with E-state index in [1.165, 1.54) is 36.0 Å². The van der Waals surface area contributed by atoms with Crippen LogP contribution >= 0.6 is 11.8 Å². The topological polar surface area (TPSA) is 0 Å². The molecule has 0 aliphatic carbocycles. The molecule has 0 atom stereocenters. The van der Waals surface area contributed by atoms with Gasteiger partial charge in [0.15, 0.2) is 0 Å². The molecule has 0 spiro atoms. The first kappa shape index (κ1) is 18.7. The minimum absolute atomic E-state index is 0.578. The van der Waals surface area contributed by atoms with E-state index in [1.807, 2.05) is 0 Å². The van der Waals surface area contributed by atoms with Crippen molar-refractivity contribution in [3.05, 3.63) is 65.2 Å². The van der Waals surface area contributed by atoms with Gasteiger partial charge in [-0.05, 0) is 36.4 Å². The summed E-state index contributed by atoms with van der Waals surface area (Å²) in [6.07, 6.45) is -9.39. The summed E-state index contributed by atoms with van der Waals surface area (Å²) in [5.74, 6) is 0. The average molecular weight is 364 g/mol. The van der Waals surface area contributed by atoms with Crippen molar-refractivity contribution >= 4 is 11.8 Å². The van der Waals surface area contributed by atoms with Crippen LogP contribution in [0.4, 0.5) is 26.3 Å². The van der Waals surface area contributed by atoms with Gasteiger partial charge in [0.2, 0.25) is 5.41 Å². The molecule has 2 aromatic carbocycles. The Morgan fingerprint density at radius 2 is 1.04 bits per heavy atom. The Morgan fingerprint density at radius 1 is 0.667 bits per heavy atom. The molecule has 0 heterocycles. The van der Waals surface area contributed by atoms with Gasteiger partial charge in [-0.3, -0.25) is 0 Å². The van der Waals surface area contributed by atoms with E-state index in [-0.39, 0.29) is 0 Å². The fourth-order valence-electron chi connectivity index (χ4n) is 2.63. The lowest BCUT2D eigenvalue weighted by atomic mass is 9.73. The summed E-state index contributed by atoms with van der Waals surface area (Å²) in [5.41, 5.74) is -5.17. The van der Waals surface area contributed by atoms with Crippen LogP contribution in [0.25, 0.3) is 0 Å². The Hall–Kier alpha value is -1.63. The highest BCUT2D eigenvalue weighted by Crippen LogP contribution is 2.56. The molecule has 0 fully saturated rings. The highest BCUT2D eigenvalue weighted by molar-refractivity contribution is 7.98. The summed E-state index contributed by atoms with van der Waals surface area (Å²) in [5, 5.41) is 0.